The third kappa shape index (κ3) is 2.98. The zero-order valence-corrected chi connectivity index (χ0v) is 10.2. The Morgan fingerprint density at radius 1 is 1.39 bits per heavy atom. The molecule has 1 fully saturated rings. The lowest BCUT2D eigenvalue weighted by Crippen LogP contribution is -2.30. The average Bonchev–Trinajstić information content (AvgIpc) is 2.78. The van der Waals surface area contributed by atoms with Gasteiger partial charge >= 0.3 is 6.09 Å². The Kier molecular flexibility index (Phi) is 4.15. The molecular weight excluding hydrogens is 237 g/mol. The number of likely N-dealkylation sites (tertiary alicyclic amines) is 1. The van der Waals surface area contributed by atoms with Crippen molar-refractivity contribution in [1.29, 1.82) is 0 Å². The fourth-order valence-corrected chi connectivity index (χ4v) is 1.92. The van der Waals surface area contributed by atoms with Gasteiger partial charge in [0.1, 0.15) is 18.9 Å². The largest absolute Gasteiger partial charge is 0.445 e. The van der Waals surface area contributed by atoms with Crippen molar-refractivity contribution in [3.05, 3.63) is 35.9 Å². The van der Waals surface area contributed by atoms with Crippen LogP contribution < -0.4 is 0 Å². The standard InChI is InChI=1S/C13H16FNO3/c1-17-12-8-15(7-11(12)14)13(16)18-9-10-5-3-2-4-6-10/h2-6,11-12H,7-9H2,1H3/t11-,12+/m0/s1. The topological polar surface area (TPSA) is 38.8 Å². The highest BCUT2D eigenvalue weighted by Gasteiger charge is 2.36. The summed E-state index contributed by atoms with van der Waals surface area (Å²) in [5.74, 6) is 0. The molecule has 1 aliphatic heterocycles. The molecule has 1 saturated heterocycles. The predicted molar refractivity (Wildman–Crippen MR) is 63.9 cm³/mol. The summed E-state index contributed by atoms with van der Waals surface area (Å²) in [4.78, 5) is 13.0. The van der Waals surface area contributed by atoms with Crippen molar-refractivity contribution in [1.82, 2.24) is 4.90 Å². The number of benzene rings is 1. The number of alkyl halides is 1. The first-order valence-electron chi connectivity index (χ1n) is 5.83. The summed E-state index contributed by atoms with van der Waals surface area (Å²) < 4.78 is 23.4. The summed E-state index contributed by atoms with van der Waals surface area (Å²) in [6.45, 7) is 0.474. The maximum absolute atomic E-state index is 13.4. The fraction of sp³-hybridized carbons (Fsp3) is 0.462. The van der Waals surface area contributed by atoms with Crippen LogP contribution in [0, 0.1) is 0 Å². The molecular formula is C13H16FNO3. The second-order valence-corrected chi connectivity index (χ2v) is 4.24. The van der Waals surface area contributed by atoms with E-state index >= 15 is 0 Å². The van der Waals surface area contributed by atoms with Crippen LogP contribution in [0.25, 0.3) is 0 Å². The number of amides is 1. The Bertz CT molecular complexity index is 398. The van der Waals surface area contributed by atoms with Gasteiger partial charge in [-0.25, -0.2) is 9.18 Å². The van der Waals surface area contributed by atoms with E-state index in [1.54, 1.807) is 0 Å². The molecule has 18 heavy (non-hydrogen) atoms. The third-order valence-electron chi connectivity index (χ3n) is 2.96. The zero-order chi connectivity index (χ0) is 13.0. The molecule has 4 nitrogen and oxygen atoms in total. The Morgan fingerprint density at radius 2 is 2.11 bits per heavy atom. The van der Waals surface area contributed by atoms with E-state index in [0.717, 1.165) is 5.56 Å². The lowest BCUT2D eigenvalue weighted by atomic mass is 10.2. The van der Waals surface area contributed by atoms with Crippen molar-refractivity contribution in [3.8, 4) is 0 Å². The van der Waals surface area contributed by atoms with E-state index < -0.39 is 18.4 Å². The van der Waals surface area contributed by atoms with Gasteiger partial charge in [-0.1, -0.05) is 30.3 Å². The van der Waals surface area contributed by atoms with Gasteiger partial charge in [-0.3, -0.25) is 0 Å². The van der Waals surface area contributed by atoms with Gasteiger partial charge in [0, 0.05) is 7.11 Å². The maximum Gasteiger partial charge on any atom is 0.410 e. The Labute approximate surface area is 105 Å². The number of rotatable bonds is 3. The van der Waals surface area contributed by atoms with Gasteiger partial charge in [0.25, 0.3) is 0 Å². The number of methoxy groups -OCH3 is 1. The number of halogens is 1. The minimum Gasteiger partial charge on any atom is -0.445 e. The molecule has 98 valence electrons. The van der Waals surface area contributed by atoms with Crippen LogP contribution in [0.3, 0.4) is 0 Å². The SMILES string of the molecule is CO[C@@H]1CN(C(=O)OCc2ccccc2)C[C@@H]1F. The normalized spacial score (nSPS) is 23.1. The lowest BCUT2D eigenvalue weighted by Gasteiger charge is -2.15. The number of ether oxygens (including phenoxy) is 2. The minimum atomic E-state index is -1.14. The van der Waals surface area contributed by atoms with Gasteiger partial charge in [-0.05, 0) is 5.56 Å². The van der Waals surface area contributed by atoms with Gasteiger partial charge in [-0.15, -0.1) is 0 Å². The van der Waals surface area contributed by atoms with E-state index in [1.165, 1.54) is 12.0 Å². The molecule has 5 heteroatoms. The van der Waals surface area contributed by atoms with Crippen LogP contribution in [0.15, 0.2) is 30.3 Å². The number of carbonyl (C=O) groups excluding carboxylic acids is 1. The molecule has 0 unspecified atom stereocenters. The van der Waals surface area contributed by atoms with Crippen molar-refractivity contribution in [3.63, 3.8) is 0 Å². The number of nitrogens with zero attached hydrogens (tertiary/aromatic N) is 1. The van der Waals surface area contributed by atoms with Gasteiger partial charge in [0.05, 0.1) is 13.1 Å². The molecule has 1 aromatic carbocycles. The number of hydrogen-bond donors (Lipinski definition) is 0. The van der Waals surface area contributed by atoms with Crippen LogP contribution in [0.2, 0.25) is 0 Å². The van der Waals surface area contributed by atoms with Crippen LogP contribution in [-0.2, 0) is 16.1 Å². The molecule has 0 radical (unpaired) electrons. The molecule has 0 aliphatic carbocycles. The van der Waals surface area contributed by atoms with Gasteiger partial charge < -0.3 is 14.4 Å². The molecule has 2 rings (SSSR count). The summed E-state index contributed by atoms with van der Waals surface area (Å²) in [6.07, 6.45) is -2.19. The quantitative estimate of drug-likeness (QED) is 0.827. The van der Waals surface area contributed by atoms with Crippen LogP contribution in [0.5, 0.6) is 0 Å². The van der Waals surface area contributed by atoms with Crippen molar-refractivity contribution in [2.45, 2.75) is 18.9 Å². The zero-order valence-electron chi connectivity index (χ0n) is 10.2. The first-order chi connectivity index (χ1) is 8.70. The fourth-order valence-electron chi connectivity index (χ4n) is 1.92. The Balaban J connectivity index is 1.82. The first-order valence-corrected chi connectivity index (χ1v) is 5.83. The second-order valence-electron chi connectivity index (χ2n) is 4.24. The van der Waals surface area contributed by atoms with Crippen LogP contribution in [-0.4, -0.2) is 43.5 Å². The molecule has 1 amide bonds. The van der Waals surface area contributed by atoms with Gasteiger partial charge in [-0.2, -0.15) is 0 Å². The van der Waals surface area contributed by atoms with E-state index in [4.69, 9.17) is 9.47 Å². The minimum absolute atomic E-state index is 0.0339. The number of hydrogen-bond acceptors (Lipinski definition) is 3. The molecule has 1 heterocycles. The molecule has 1 aromatic rings. The summed E-state index contributed by atoms with van der Waals surface area (Å²) in [7, 11) is 1.44. The Hall–Kier alpha value is -1.62. The maximum atomic E-state index is 13.4. The van der Waals surface area contributed by atoms with Crippen molar-refractivity contribution >= 4 is 6.09 Å². The third-order valence-corrected chi connectivity index (χ3v) is 2.96. The smallest absolute Gasteiger partial charge is 0.410 e. The molecule has 0 saturated carbocycles. The van der Waals surface area contributed by atoms with Crippen LogP contribution in [0.4, 0.5) is 9.18 Å². The first kappa shape index (κ1) is 12.8. The van der Waals surface area contributed by atoms with Crippen molar-refractivity contribution in [2.24, 2.45) is 0 Å². The molecule has 0 bridgehead atoms. The highest BCUT2D eigenvalue weighted by Crippen LogP contribution is 2.17. The monoisotopic (exact) mass is 253 g/mol. The predicted octanol–water partition coefficient (Wildman–Crippen LogP) is 1.99. The second kappa shape index (κ2) is 5.82. The average molecular weight is 253 g/mol. The van der Waals surface area contributed by atoms with E-state index in [-0.39, 0.29) is 19.7 Å². The molecule has 1 aliphatic rings. The molecule has 0 spiro atoms. The van der Waals surface area contributed by atoms with Gasteiger partial charge in [0.15, 0.2) is 0 Å². The summed E-state index contributed by atoms with van der Waals surface area (Å²) in [5, 5.41) is 0. The van der Waals surface area contributed by atoms with Crippen molar-refractivity contribution in [2.75, 3.05) is 20.2 Å². The van der Waals surface area contributed by atoms with E-state index in [9.17, 15) is 9.18 Å². The molecule has 2 atom stereocenters. The highest BCUT2D eigenvalue weighted by molar-refractivity contribution is 5.68. The van der Waals surface area contributed by atoms with E-state index in [0.29, 0.717) is 0 Å². The highest BCUT2D eigenvalue weighted by atomic mass is 19.1. The van der Waals surface area contributed by atoms with Crippen LogP contribution in [0.1, 0.15) is 5.56 Å². The molecule has 0 N–H and O–H groups in total. The van der Waals surface area contributed by atoms with E-state index in [2.05, 4.69) is 0 Å². The summed E-state index contributed by atoms with van der Waals surface area (Å²) >= 11 is 0. The Morgan fingerprint density at radius 3 is 2.72 bits per heavy atom. The number of carbonyl (C=O) groups is 1. The van der Waals surface area contributed by atoms with E-state index in [1.807, 2.05) is 30.3 Å². The molecule has 0 aromatic heterocycles. The lowest BCUT2D eigenvalue weighted by molar-refractivity contribution is 0.0602. The van der Waals surface area contributed by atoms with Gasteiger partial charge in [0.2, 0.25) is 0 Å². The summed E-state index contributed by atoms with van der Waals surface area (Å²) in [6, 6.07) is 9.37. The summed E-state index contributed by atoms with van der Waals surface area (Å²) in [5.41, 5.74) is 0.908. The van der Waals surface area contributed by atoms with Crippen molar-refractivity contribution < 1.29 is 18.7 Å². The van der Waals surface area contributed by atoms with Crippen LogP contribution >= 0.6 is 0 Å².